The van der Waals surface area contributed by atoms with E-state index in [2.05, 4.69) is 15.1 Å². The number of aromatic amines is 1. The number of aliphatic imine (C=N–C) groups is 1. The van der Waals surface area contributed by atoms with E-state index < -0.39 is 11.1 Å². The minimum absolute atomic E-state index is 0.0910. The van der Waals surface area contributed by atoms with Crippen molar-refractivity contribution < 1.29 is 13.9 Å². The molecule has 0 aliphatic heterocycles. The van der Waals surface area contributed by atoms with Crippen LogP contribution in [0.2, 0.25) is 0 Å². The first-order valence-corrected chi connectivity index (χ1v) is 11.0. The Balaban J connectivity index is 1.84. The summed E-state index contributed by atoms with van der Waals surface area (Å²) in [5, 5.41) is 13.3. The van der Waals surface area contributed by atoms with Crippen LogP contribution >= 0.6 is 0 Å². The fourth-order valence-electron chi connectivity index (χ4n) is 3.30. The molecule has 0 saturated carbocycles. The lowest BCUT2D eigenvalue weighted by Crippen LogP contribution is -2.18. The van der Waals surface area contributed by atoms with Gasteiger partial charge in [0.05, 0.1) is 28.4 Å². The molecule has 0 spiro atoms. The number of benzene rings is 2. The van der Waals surface area contributed by atoms with Crippen LogP contribution in [-0.2, 0) is 16.8 Å². The van der Waals surface area contributed by atoms with Gasteiger partial charge in [-0.1, -0.05) is 30.3 Å². The highest BCUT2D eigenvalue weighted by molar-refractivity contribution is 7.78. The number of rotatable bonds is 6. The highest BCUT2D eigenvalue weighted by Crippen LogP contribution is 2.28. The Morgan fingerprint density at radius 3 is 2.66 bits per heavy atom. The molecule has 0 radical (unpaired) electrons. The third-order valence-electron chi connectivity index (χ3n) is 4.87. The number of aromatic nitrogens is 3. The Kier molecular flexibility index (Phi) is 6.11. The topological polar surface area (TPSA) is 121 Å². The number of nitrogens with one attached hydrogen (secondary N) is 1. The predicted molar refractivity (Wildman–Crippen MR) is 124 cm³/mol. The molecule has 0 saturated heterocycles. The van der Waals surface area contributed by atoms with E-state index in [1.807, 2.05) is 37.3 Å². The standard InChI is InChI=1S/C23H20N4O4S/c1-15-6-2-3-8-20(15)27-23(29)17(22(26-27)18-7-4-5-11-24-18)13-25-19-12-16(14-32(30)31)9-10-21(19)28/h2-13,26,28H,14H2,1H3,(H,30,31). The molecule has 32 heavy (non-hydrogen) atoms. The summed E-state index contributed by atoms with van der Waals surface area (Å²) in [5.74, 6) is -0.199. The summed E-state index contributed by atoms with van der Waals surface area (Å²) in [7, 11) is 0. The number of nitrogens with zero attached hydrogens (tertiary/aromatic N) is 3. The normalized spacial score (nSPS) is 12.3. The van der Waals surface area contributed by atoms with E-state index in [1.54, 1.807) is 24.4 Å². The highest BCUT2D eigenvalue weighted by Gasteiger charge is 2.17. The third-order valence-corrected chi connectivity index (χ3v) is 5.45. The summed E-state index contributed by atoms with van der Waals surface area (Å²) in [4.78, 5) is 22.0. The van der Waals surface area contributed by atoms with Crippen LogP contribution in [0, 0.1) is 6.92 Å². The van der Waals surface area contributed by atoms with Crippen LogP contribution in [0.1, 0.15) is 16.7 Å². The van der Waals surface area contributed by atoms with Crippen LogP contribution in [-0.4, -0.2) is 34.8 Å². The molecule has 0 aliphatic carbocycles. The molecule has 2 heterocycles. The van der Waals surface area contributed by atoms with Gasteiger partial charge in [-0.05, 0) is 48.4 Å². The van der Waals surface area contributed by atoms with Gasteiger partial charge < -0.3 is 9.66 Å². The molecule has 0 aliphatic rings. The monoisotopic (exact) mass is 448 g/mol. The molecule has 162 valence electrons. The Labute approximate surface area is 186 Å². The number of aromatic hydroxyl groups is 1. The first-order chi connectivity index (χ1) is 15.4. The van der Waals surface area contributed by atoms with Crippen LogP contribution in [0.4, 0.5) is 5.69 Å². The van der Waals surface area contributed by atoms with Crippen molar-refractivity contribution in [2.45, 2.75) is 12.7 Å². The first kappa shape index (κ1) is 21.4. The smallest absolute Gasteiger partial charge is 0.280 e. The maximum Gasteiger partial charge on any atom is 0.280 e. The molecule has 4 aromatic rings. The van der Waals surface area contributed by atoms with Gasteiger partial charge in [-0.3, -0.25) is 19.9 Å². The second kappa shape index (κ2) is 9.13. The van der Waals surface area contributed by atoms with E-state index in [1.165, 1.54) is 23.0 Å². The molecular weight excluding hydrogens is 428 g/mol. The van der Waals surface area contributed by atoms with E-state index in [4.69, 9.17) is 4.55 Å². The Bertz CT molecular complexity index is 1380. The zero-order valence-electron chi connectivity index (χ0n) is 17.1. The van der Waals surface area contributed by atoms with Crippen LogP contribution in [0.15, 0.2) is 76.6 Å². The molecule has 4 rings (SSSR count). The number of pyridine rings is 1. The number of phenolic OH excluding ortho intramolecular Hbond substituents is 1. The van der Waals surface area contributed by atoms with E-state index in [0.717, 1.165) is 5.56 Å². The summed E-state index contributed by atoms with van der Waals surface area (Å²) in [6, 6.07) is 17.3. The number of hydrogen-bond donors (Lipinski definition) is 3. The second-order valence-electron chi connectivity index (χ2n) is 7.09. The van der Waals surface area contributed by atoms with Crippen molar-refractivity contribution in [3.05, 3.63) is 93.9 Å². The second-order valence-corrected chi connectivity index (χ2v) is 8.02. The Morgan fingerprint density at radius 2 is 1.94 bits per heavy atom. The molecule has 8 nitrogen and oxygen atoms in total. The van der Waals surface area contributed by atoms with Crippen molar-refractivity contribution in [3.8, 4) is 22.8 Å². The number of phenols is 1. The van der Waals surface area contributed by atoms with Gasteiger partial charge in [-0.15, -0.1) is 0 Å². The average Bonchev–Trinajstić information content (AvgIpc) is 3.11. The molecule has 1 unspecified atom stereocenters. The van der Waals surface area contributed by atoms with Gasteiger partial charge >= 0.3 is 0 Å². The molecule has 0 bridgehead atoms. The van der Waals surface area contributed by atoms with Crippen molar-refractivity contribution in [3.63, 3.8) is 0 Å². The first-order valence-electron chi connectivity index (χ1n) is 9.70. The molecule has 9 heteroatoms. The number of H-pyrrole nitrogens is 1. The Morgan fingerprint density at radius 1 is 1.16 bits per heavy atom. The SMILES string of the molecule is Cc1ccccc1-n1[nH]c(-c2ccccn2)c(C=Nc2cc(CS(=O)O)ccc2O)c1=O. The molecule has 1 atom stereocenters. The van der Waals surface area contributed by atoms with Gasteiger partial charge in [0.25, 0.3) is 5.56 Å². The highest BCUT2D eigenvalue weighted by atomic mass is 32.2. The fourth-order valence-corrected chi connectivity index (χ4v) is 3.76. The number of hydrogen-bond acceptors (Lipinski definition) is 5. The average molecular weight is 449 g/mol. The van der Waals surface area contributed by atoms with E-state index in [-0.39, 0.29) is 28.3 Å². The minimum Gasteiger partial charge on any atom is -0.506 e. The summed E-state index contributed by atoms with van der Waals surface area (Å²) in [6.45, 7) is 1.91. The van der Waals surface area contributed by atoms with Crippen molar-refractivity contribution in [2.24, 2.45) is 4.99 Å². The maximum atomic E-state index is 13.3. The van der Waals surface area contributed by atoms with E-state index >= 15 is 0 Å². The van der Waals surface area contributed by atoms with Gasteiger partial charge in [0.2, 0.25) is 0 Å². The minimum atomic E-state index is -2.02. The lowest BCUT2D eigenvalue weighted by molar-refractivity contribution is 0.476. The van der Waals surface area contributed by atoms with Crippen molar-refractivity contribution in [1.82, 2.24) is 14.8 Å². The van der Waals surface area contributed by atoms with Gasteiger partial charge in [0, 0.05) is 12.4 Å². The molecule has 0 fully saturated rings. The fraction of sp³-hybridized carbons (Fsp3) is 0.0870. The lowest BCUT2D eigenvalue weighted by Gasteiger charge is -2.05. The maximum absolute atomic E-state index is 13.3. The van der Waals surface area contributed by atoms with Crippen molar-refractivity contribution in [2.75, 3.05) is 0 Å². The van der Waals surface area contributed by atoms with Gasteiger partial charge in [-0.2, -0.15) is 0 Å². The predicted octanol–water partition coefficient (Wildman–Crippen LogP) is 3.71. The van der Waals surface area contributed by atoms with E-state index in [0.29, 0.717) is 22.6 Å². The lowest BCUT2D eigenvalue weighted by atomic mass is 10.2. The zero-order valence-corrected chi connectivity index (χ0v) is 17.9. The van der Waals surface area contributed by atoms with Gasteiger partial charge in [0.1, 0.15) is 11.4 Å². The molecule has 0 amide bonds. The summed E-state index contributed by atoms with van der Waals surface area (Å²) in [6.07, 6.45) is 3.00. The van der Waals surface area contributed by atoms with Gasteiger partial charge in [-0.25, -0.2) is 8.89 Å². The summed E-state index contributed by atoms with van der Waals surface area (Å²) >= 11 is -2.02. The Hall–Kier alpha value is -3.82. The number of para-hydroxylation sites is 1. The van der Waals surface area contributed by atoms with Crippen LogP contribution in [0.5, 0.6) is 5.75 Å². The molecule has 2 aromatic heterocycles. The molecule has 2 aromatic carbocycles. The van der Waals surface area contributed by atoms with Gasteiger partial charge in [0.15, 0.2) is 11.1 Å². The largest absolute Gasteiger partial charge is 0.506 e. The zero-order chi connectivity index (χ0) is 22.7. The van der Waals surface area contributed by atoms with Crippen molar-refractivity contribution in [1.29, 1.82) is 0 Å². The van der Waals surface area contributed by atoms with Crippen molar-refractivity contribution >= 4 is 23.0 Å². The summed E-state index contributed by atoms with van der Waals surface area (Å²) < 4.78 is 21.7. The molecule has 3 N–H and O–H groups in total. The quantitative estimate of drug-likeness (QED) is 0.307. The van der Waals surface area contributed by atoms with Crippen LogP contribution in [0.3, 0.4) is 0 Å². The van der Waals surface area contributed by atoms with E-state index in [9.17, 15) is 14.1 Å². The number of aryl methyl sites for hydroxylation is 1. The van der Waals surface area contributed by atoms with Crippen LogP contribution in [0.25, 0.3) is 17.1 Å². The molecular formula is C23H20N4O4S. The third kappa shape index (κ3) is 4.43. The van der Waals surface area contributed by atoms with Crippen LogP contribution < -0.4 is 5.56 Å². The summed E-state index contributed by atoms with van der Waals surface area (Å²) in [5.41, 5.74) is 3.31.